The summed E-state index contributed by atoms with van der Waals surface area (Å²) in [4.78, 5) is 9.82. The van der Waals surface area contributed by atoms with Gasteiger partial charge in [0.05, 0.1) is 6.10 Å². The van der Waals surface area contributed by atoms with E-state index in [1.54, 1.807) is 0 Å². The van der Waals surface area contributed by atoms with E-state index in [2.05, 4.69) is 57.7 Å². The van der Waals surface area contributed by atoms with Crippen molar-refractivity contribution in [1.29, 1.82) is 0 Å². The maximum atomic E-state index is 6.14. The molecule has 3 rings (SSSR count). The second-order valence-electron chi connectivity index (χ2n) is 8.78. The van der Waals surface area contributed by atoms with Crippen LogP contribution in [0.1, 0.15) is 51.0 Å². The van der Waals surface area contributed by atoms with Gasteiger partial charge in [0, 0.05) is 52.4 Å². The summed E-state index contributed by atoms with van der Waals surface area (Å²) in [6.45, 7) is 12.5. The number of nitrogens with zero attached hydrogens (tertiary/aromatic N) is 3. The summed E-state index contributed by atoms with van der Waals surface area (Å²) in [5, 5.41) is 6.84. The highest BCUT2D eigenvalue weighted by molar-refractivity contribution is 5.79. The standard InChI is InChI=1S/C25H43N5O/c1-2-26-25(28-15-20-29-16-7-4-8-17-29)27-14-9-21-31-24-12-18-30(19-13-24)22-23-10-5-3-6-11-23/h3,5-6,10-11,24H,2,4,7-9,12-22H2,1H3,(H2,26,27,28). The van der Waals surface area contributed by atoms with Crippen LogP contribution in [-0.4, -0.2) is 80.8 Å². The fourth-order valence-corrected chi connectivity index (χ4v) is 4.44. The van der Waals surface area contributed by atoms with Crippen LogP contribution in [-0.2, 0) is 11.3 Å². The predicted octanol–water partition coefficient (Wildman–Crippen LogP) is 3.10. The van der Waals surface area contributed by atoms with E-state index in [0.29, 0.717) is 6.10 Å². The summed E-state index contributed by atoms with van der Waals surface area (Å²) in [5.41, 5.74) is 1.40. The van der Waals surface area contributed by atoms with Crippen molar-refractivity contribution in [3.8, 4) is 0 Å². The van der Waals surface area contributed by atoms with Gasteiger partial charge in [0.1, 0.15) is 0 Å². The number of aliphatic imine (C=N–C) groups is 1. The molecule has 0 bridgehead atoms. The van der Waals surface area contributed by atoms with Crippen LogP contribution in [0.2, 0.25) is 0 Å². The molecule has 0 saturated carbocycles. The molecule has 174 valence electrons. The van der Waals surface area contributed by atoms with Crippen molar-refractivity contribution in [3.05, 3.63) is 35.9 Å². The van der Waals surface area contributed by atoms with Gasteiger partial charge in [-0.1, -0.05) is 36.8 Å². The Balaban J connectivity index is 1.24. The van der Waals surface area contributed by atoms with Crippen LogP contribution in [0.3, 0.4) is 0 Å². The first-order chi connectivity index (χ1) is 15.3. The molecule has 0 unspecified atom stereocenters. The predicted molar refractivity (Wildman–Crippen MR) is 130 cm³/mol. The van der Waals surface area contributed by atoms with Crippen LogP contribution in [0.5, 0.6) is 0 Å². The molecule has 2 fully saturated rings. The summed E-state index contributed by atoms with van der Waals surface area (Å²) in [5.74, 6) is 0.939. The van der Waals surface area contributed by atoms with E-state index < -0.39 is 0 Å². The van der Waals surface area contributed by atoms with Crippen molar-refractivity contribution in [2.24, 2.45) is 4.99 Å². The van der Waals surface area contributed by atoms with Crippen LogP contribution >= 0.6 is 0 Å². The van der Waals surface area contributed by atoms with Crippen LogP contribution in [0, 0.1) is 0 Å². The third-order valence-electron chi connectivity index (χ3n) is 6.22. The minimum Gasteiger partial charge on any atom is -0.378 e. The summed E-state index contributed by atoms with van der Waals surface area (Å²) in [6, 6.07) is 10.8. The normalized spacial score (nSPS) is 19.5. The number of ether oxygens (including phenoxy) is 1. The lowest BCUT2D eigenvalue weighted by molar-refractivity contribution is 0.00566. The lowest BCUT2D eigenvalue weighted by Crippen LogP contribution is -2.42. The Morgan fingerprint density at radius 2 is 1.77 bits per heavy atom. The largest absolute Gasteiger partial charge is 0.378 e. The number of piperidine rings is 2. The Hall–Kier alpha value is -1.63. The fraction of sp³-hybridized carbons (Fsp3) is 0.720. The monoisotopic (exact) mass is 429 g/mol. The van der Waals surface area contributed by atoms with Crippen molar-refractivity contribution in [2.45, 2.75) is 58.1 Å². The molecule has 31 heavy (non-hydrogen) atoms. The van der Waals surface area contributed by atoms with Gasteiger partial charge in [-0.3, -0.25) is 9.89 Å². The van der Waals surface area contributed by atoms with Crippen LogP contribution in [0.15, 0.2) is 35.3 Å². The SMILES string of the molecule is CCNC(=NCCCOC1CCN(Cc2ccccc2)CC1)NCCN1CCCCC1. The molecule has 6 heteroatoms. The van der Waals surface area contributed by atoms with E-state index in [9.17, 15) is 0 Å². The first-order valence-corrected chi connectivity index (χ1v) is 12.5. The second kappa shape index (κ2) is 14.4. The smallest absolute Gasteiger partial charge is 0.191 e. The molecule has 0 aromatic heterocycles. The average Bonchev–Trinajstić information content (AvgIpc) is 2.81. The van der Waals surface area contributed by atoms with Crippen molar-refractivity contribution in [1.82, 2.24) is 20.4 Å². The van der Waals surface area contributed by atoms with Crippen LogP contribution in [0.4, 0.5) is 0 Å². The molecular weight excluding hydrogens is 386 g/mol. The van der Waals surface area contributed by atoms with E-state index in [1.165, 1.54) is 37.9 Å². The summed E-state index contributed by atoms with van der Waals surface area (Å²) >= 11 is 0. The number of hydrogen-bond acceptors (Lipinski definition) is 4. The molecule has 1 aromatic carbocycles. The third-order valence-corrected chi connectivity index (χ3v) is 6.22. The van der Waals surface area contributed by atoms with E-state index >= 15 is 0 Å². The molecule has 2 aliphatic heterocycles. The summed E-state index contributed by atoms with van der Waals surface area (Å²) in [6.07, 6.45) is 7.75. The van der Waals surface area contributed by atoms with Gasteiger partial charge in [0.2, 0.25) is 0 Å². The van der Waals surface area contributed by atoms with Crippen LogP contribution in [0.25, 0.3) is 0 Å². The number of benzene rings is 1. The molecule has 0 amide bonds. The average molecular weight is 430 g/mol. The van der Waals surface area contributed by atoms with E-state index in [-0.39, 0.29) is 0 Å². The van der Waals surface area contributed by atoms with Gasteiger partial charge >= 0.3 is 0 Å². The Morgan fingerprint density at radius 3 is 2.52 bits per heavy atom. The highest BCUT2D eigenvalue weighted by Crippen LogP contribution is 2.16. The number of guanidine groups is 1. The van der Waals surface area contributed by atoms with Crippen molar-refractivity contribution in [2.75, 3.05) is 59.0 Å². The number of rotatable bonds is 11. The fourth-order valence-electron chi connectivity index (χ4n) is 4.44. The van der Waals surface area contributed by atoms with Crippen molar-refractivity contribution >= 4 is 5.96 Å². The van der Waals surface area contributed by atoms with Gasteiger partial charge in [-0.05, 0) is 57.7 Å². The topological polar surface area (TPSA) is 52.1 Å². The highest BCUT2D eigenvalue weighted by Gasteiger charge is 2.19. The molecule has 2 saturated heterocycles. The second-order valence-corrected chi connectivity index (χ2v) is 8.78. The zero-order valence-corrected chi connectivity index (χ0v) is 19.5. The Morgan fingerprint density at radius 1 is 1.00 bits per heavy atom. The molecule has 0 atom stereocenters. The van der Waals surface area contributed by atoms with E-state index in [1.807, 2.05) is 0 Å². The van der Waals surface area contributed by atoms with Gasteiger partial charge < -0.3 is 20.3 Å². The molecular formula is C25H43N5O. The zero-order chi connectivity index (χ0) is 21.6. The molecule has 0 spiro atoms. The molecule has 0 radical (unpaired) electrons. The summed E-state index contributed by atoms with van der Waals surface area (Å²) in [7, 11) is 0. The minimum atomic E-state index is 0.409. The highest BCUT2D eigenvalue weighted by atomic mass is 16.5. The Labute approximate surface area is 189 Å². The lowest BCUT2D eigenvalue weighted by atomic mass is 10.1. The maximum absolute atomic E-state index is 6.14. The van der Waals surface area contributed by atoms with Gasteiger partial charge in [0.25, 0.3) is 0 Å². The number of hydrogen-bond donors (Lipinski definition) is 2. The van der Waals surface area contributed by atoms with E-state index in [4.69, 9.17) is 9.73 Å². The van der Waals surface area contributed by atoms with E-state index in [0.717, 1.165) is 77.6 Å². The van der Waals surface area contributed by atoms with Gasteiger partial charge in [0.15, 0.2) is 5.96 Å². The molecule has 2 heterocycles. The first kappa shape index (κ1) is 24.0. The Bertz CT molecular complexity index is 610. The first-order valence-electron chi connectivity index (χ1n) is 12.5. The minimum absolute atomic E-state index is 0.409. The summed E-state index contributed by atoms with van der Waals surface area (Å²) < 4.78 is 6.14. The van der Waals surface area contributed by atoms with Crippen LogP contribution < -0.4 is 10.6 Å². The lowest BCUT2D eigenvalue weighted by Gasteiger charge is -2.31. The molecule has 1 aromatic rings. The maximum Gasteiger partial charge on any atom is 0.191 e. The number of nitrogens with one attached hydrogen (secondary N) is 2. The third kappa shape index (κ3) is 9.58. The Kier molecular flexibility index (Phi) is 11.2. The van der Waals surface area contributed by atoms with Crippen molar-refractivity contribution in [3.63, 3.8) is 0 Å². The molecule has 0 aliphatic carbocycles. The molecule has 2 aliphatic rings. The molecule has 6 nitrogen and oxygen atoms in total. The van der Waals surface area contributed by atoms with Crippen molar-refractivity contribution < 1.29 is 4.74 Å². The van der Waals surface area contributed by atoms with Gasteiger partial charge in [-0.15, -0.1) is 0 Å². The van der Waals surface area contributed by atoms with Gasteiger partial charge in [-0.25, -0.2) is 0 Å². The quantitative estimate of drug-likeness (QED) is 0.322. The number of likely N-dealkylation sites (tertiary alicyclic amines) is 2. The zero-order valence-electron chi connectivity index (χ0n) is 19.5. The van der Waals surface area contributed by atoms with Gasteiger partial charge in [-0.2, -0.15) is 0 Å². The molecule has 2 N–H and O–H groups in total.